The fourth-order valence-corrected chi connectivity index (χ4v) is 4.22. The molecule has 1 saturated heterocycles. The summed E-state index contributed by atoms with van der Waals surface area (Å²) in [5.74, 6) is 0. The number of nitrogens with one attached hydrogen (secondary N) is 1. The molecule has 2 unspecified atom stereocenters. The molecule has 0 radical (unpaired) electrons. The average molecular weight is 298 g/mol. The third kappa shape index (κ3) is 4.65. The molecule has 2 atom stereocenters. The SMILES string of the molecule is CCOC1CCN(C2CCCC(CO)(NC(C)C)C2)CC1. The fourth-order valence-electron chi connectivity index (χ4n) is 4.22. The third-order valence-corrected chi connectivity index (χ3v) is 5.11. The summed E-state index contributed by atoms with van der Waals surface area (Å²) in [5, 5.41) is 13.6. The highest BCUT2D eigenvalue weighted by atomic mass is 16.5. The summed E-state index contributed by atoms with van der Waals surface area (Å²) in [5.41, 5.74) is -0.0617. The second-order valence-corrected chi connectivity index (χ2v) is 7.18. The van der Waals surface area contributed by atoms with Crippen molar-refractivity contribution >= 4 is 0 Å². The molecule has 0 aromatic heterocycles. The van der Waals surface area contributed by atoms with Gasteiger partial charge in [0.2, 0.25) is 0 Å². The second kappa shape index (κ2) is 7.91. The number of hydrogen-bond donors (Lipinski definition) is 2. The Bertz CT molecular complexity index is 303. The van der Waals surface area contributed by atoms with Crippen LogP contribution in [-0.2, 0) is 4.74 Å². The summed E-state index contributed by atoms with van der Waals surface area (Å²) < 4.78 is 5.75. The Balaban J connectivity index is 1.89. The summed E-state index contributed by atoms with van der Waals surface area (Å²) >= 11 is 0. The van der Waals surface area contributed by atoms with E-state index in [0.717, 1.165) is 45.4 Å². The van der Waals surface area contributed by atoms with Crippen LogP contribution in [0.4, 0.5) is 0 Å². The Morgan fingerprint density at radius 1 is 1.29 bits per heavy atom. The molecule has 0 amide bonds. The van der Waals surface area contributed by atoms with Gasteiger partial charge in [-0.1, -0.05) is 13.8 Å². The lowest BCUT2D eigenvalue weighted by molar-refractivity contribution is -0.0126. The molecule has 1 saturated carbocycles. The normalized spacial score (nSPS) is 32.7. The molecule has 2 fully saturated rings. The van der Waals surface area contributed by atoms with E-state index < -0.39 is 0 Å². The van der Waals surface area contributed by atoms with Crippen molar-refractivity contribution in [2.75, 3.05) is 26.3 Å². The molecule has 4 nitrogen and oxygen atoms in total. The first kappa shape index (κ1) is 17.2. The highest BCUT2D eigenvalue weighted by molar-refractivity contribution is 4.97. The quantitative estimate of drug-likeness (QED) is 0.789. The summed E-state index contributed by atoms with van der Waals surface area (Å²) in [6.07, 6.45) is 7.47. The molecule has 124 valence electrons. The molecule has 1 heterocycles. The maximum Gasteiger partial charge on any atom is 0.0613 e. The van der Waals surface area contributed by atoms with Crippen LogP contribution in [0.25, 0.3) is 0 Å². The van der Waals surface area contributed by atoms with Gasteiger partial charge in [0, 0.05) is 37.3 Å². The van der Waals surface area contributed by atoms with E-state index in [9.17, 15) is 5.11 Å². The third-order valence-electron chi connectivity index (χ3n) is 5.11. The standard InChI is InChI=1S/C17H34N2O2/c1-4-21-16-7-10-19(11-8-16)15-6-5-9-17(12-15,13-20)18-14(2)3/h14-16,18,20H,4-13H2,1-3H3. The molecule has 21 heavy (non-hydrogen) atoms. The Kier molecular flexibility index (Phi) is 6.48. The summed E-state index contributed by atoms with van der Waals surface area (Å²) in [7, 11) is 0. The van der Waals surface area contributed by atoms with Gasteiger partial charge in [-0.05, 0) is 45.4 Å². The van der Waals surface area contributed by atoms with Gasteiger partial charge in [0.15, 0.2) is 0 Å². The first-order valence-corrected chi connectivity index (χ1v) is 8.83. The van der Waals surface area contributed by atoms with E-state index in [4.69, 9.17) is 4.74 Å². The Labute approximate surface area is 130 Å². The van der Waals surface area contributed by atoms with Crippen molar-refractivity contribution in [1.82, 2.24) is 10.2 Å². The Morgan fingerprint density at radius 2 is 2.00 bits per heavy atom. The van der Waals surface area contributed by atoms with Gasteiger partial charge >= 0.3 is 0 Å². The van der Waals surface area contributed by atoms with Crippen molar-refractivity contribution in [3.05, 3.63) is 0 Å². The number of likely N-dealkylation sites (tertiary alicyclic amines) is 1. The second-order valence-electron chi connectivity index (χ2n) is 7.18. The van der Waals surface area contributed by atoms with Gasteiger partial charge in [0.25, 0.3) is 0 Å². The predicted molar refractivity (Wildman–Crippen MR) is 86.6 cm³/mol. The van der Waals surface area contributed by atoms with Crippen molar-refractivity contribution < 1.29 is 9.84 Å². The van der Waals surface area contributed by atoms with E-state index in [1.54, 1.807) is 0 Å². The van der Waals surface area contributed by atoms with E-state index in [1.807, 2.05) is 0 Å². The first-order valence-electron chi connectivity index (χ1n) is 8.83. The molecule has 0 bridgehead atoms. The largest absolute Gasteiger partial charge is 0.394 e. The first-order chi connectivity index (χ1) is 10.1. The van der Waals surface area contributed by atoms with Crippen LogP contribution >= 0.6 is 0 Å². The number of aliphatic hydroxyl groups excluding tert-OH is 1. The molecule has 0 aromatic carbocycles. The van der Waals surface area contributed by atoms with Crippen LogP contribution in [-0.4, -0.2) is 60.0 Å². The van der Waals surface area contributed by atoms with Crippen molar-refractivity contribution in [3.8, 4) is 0 Å². The molecular formula is C17H34N2O2. The van der Waals surface area contributed by atoms with E-state index in [2.05, 4.69) is 31.0 Å². The minimum atomic E-state index is -0.0617. The summed E-state index contributed by atoms with van der Waals surface area (Å²) in [6, 6.07) is 1.05. The summed E-state index contributed by atoms with van der Waals surface area (Å²) in [4.78, 5) is 2.64. The van der Waals surface area contributed by atoms with Gasteiger partial charge < -0.3 is 20.1 Å². The minimum absolute atomic E-state index is 0.0617. The van der Waals surface area contributed by atoms with E-state index >= 15 is 0 Å². The van der Waals surface area contributed by atoms with Crippen LogP contribution in [0.15, 0.2) is 0 Å². The zero-order valence-corrected chi connectivity index (χ0v) is 14.1. The van der Waals surface area contributed by atoms with Crippen molar-refractivity contribution in [3.63, 3.8) is 0 Å². The van der Waals surface area contributed by atoms with Crippen LogP contribution in [0.3, 0.4) is 0 Å². The van der Waals surface area contributed by atoms with E-state index in [0.29, 0.717) is 18.2 Å². The van der Waals surface area contributed by atoms with E-state index in [-0.39, 0.29) is 12.1 Å². The van der Waals surface area contributed by atoms with Crippen LogP contribution in [0.2, 0.25) is 0 Å². The fraction of sp³-hybridized carbons (Fsp3) is 1.00. The van der Waals surface area contributed by atoms with Gasteiger partial charge in [0.1, 0.15) is 0 Å². The van der Waals surface area contributed by atoms with Crippen LogP contribution in [0, 0.1) is 0 Å². The van der Waals surface area contributed by atoms with Crippen molar-refractivity contribution in [2.24, 2.45) is 0 Å². The van der Waals surface area contributed by atoms with Crippen LogP contribution in [0.5, 0.6) is 0 Å². The molecule has 1 aliphatic carbocycles. The Hall–Kier alpha value is -0.160. The smallest absolute Gasteiger partial charge is 0.0613 e. The Morgan fingerprint density at radius 3 is 2.57 bits per heavy atom. The topological polar surface area (TPSA) is 44.7 Å². The van der Waals surface area contributed by atoms with Gasteiger partial charge in [-0.15, -0.1) is 0 Å². The monoisotopic (exact) mass is 298 g/mol. The zero-order valence-electron chi connectivity index (χ0n) is 14.1. The van der Waals surface area contributed by atoms with Gasteiger partial charge in [-0.25, -0.2) is 0 Å². The number of rotatable bonds is 6. The minimum Gasteiger partial charge on any atom is -0.394 e. The molecular weight excluding hydrogens is 264 g/mol. The maximum absolute atomic E-state index is 9.92. The zero-order chi connectivity index (χ0) is 15.3. The highest BCUT2D eigenvalue weighted by Gasteiger charge is 2.38. The lowest BCUT2D eigenvalue weighted by atomic mass is 9.78. The van der Waals surface area contributed by atoms with E-state index in [1.165, 1.54) is 12.8 Å². The maximum atomic E-state index is 9.92. The van der Waals surface area contributed by atoms with Crippen LogP contribution in [0.1, 0.15) is 59.3 Å². The molecule has 2 rings (SSSR count). The number of aliphatic hydroxyl groups is 1. The molecule has 2 aliphatic rings. The molecule has 0 aromatic rings. The molecule has 4 heteroatoms. The average Bonchev–Trinajstić information content (AvgIpc) is 2.48. The van der Waals surface area contributed by atoms with Gasteiger partial charge in [-0.2, -0.15) is 0 Å². The lowest BCUT2D eigenvalue weighted by Crippen LogP contribution is -2.58. The highest BCUT2D eigenvalue weighted by Crippen LogP contribution is 2.33. The number of piperidine rings is 1. The van der Waals surface area contributed by atoms with Gasteiger partial charge in [-0.3, -0.25) is 0 Å². The van der Waals surface area contributed by atoms with Crippen molar-refractivity contribution in [2.45, 2.75) is 83.0 Å². The molecule has 0 spiro atoms. The number of hydrogen-bond acceptors (Lipinski definition) is 4. The van der Waals surface area contributed by atoms with Gasteiger partial charge in [0.05, 0.1) is 12.7 Å². The van der Waals surface area contributed by atoms with Crippen molar-refractivity contribution in [1.29, 1.82) is 0 Å². The molecule has 2 N–H and O–H groups in total. The number of ether oxygens (including phenoxy) is 1. The lowest BCUT2D eigenvalue weighted by Gasteiger charge is -2.47. The van der Waals surface area contributed by atoms with Crippen LogP contribution < -0.4 is 5.32 Å². The number of nitrogens with zero attached hydrogens (tertiary/aromatic N) is 1. The predicted octanol–water partition coefficient (Wildman–Crippen LogP) is 2.16. The summed E-state index contributed by atoms with van der Waals surface area (Å²) in [6.45, 7) is 9.83. The molecule has 1 aliphatic heterocycles.